The molecule has 2 aliphatic carbocycles. The van der Waals surface area contributed by atoms with E-state index in [0.29, 0.717) is 18.4 Å². The predicted octanol–water partition coefficient (Wildman–Crippen LogP) is 5.34. The van der Waals surface area contributed by atoms with E-state index in [1.165, 1.54) is 12.1 Å². The summed E-state index contributed by atoms with van der Waals surface area (Å²) in [6, 6.07) is 10.8. The second kappa shape index (κ2) is 6.18. The van der Waals surface area contributed by atoms with Gasteiger partial charge in [-0.05, 0) is 47.4 Å². The fourth-order valence-electron chi connectivity index (χ4n) is 3.85. The van der Waals surface area contributed by atoms with Gasteiger partial charge in [-0.15, -0.1) is 0 Å². The zero-order valence-corrected chi connectivity index (χ0v) is 14.7. The van der Waals surface area contributed by atoms with Crippen LogP contribution in [-0.4, -0.2) is 16.5 Å². The van der Waals surface area contributed by atoms with Gasteiger partial charge in [-0.2, -0.15) is 22.0 Å². The third kappa shape index (κ3) is 3.13. The van der Waals surface area contributed by atoms with E-state index in [1.807, 2.05) is 12.1 Å². The van der Waals surface area contributed by atoms with Crippen LogP contribution in [0.15, 0.2) is 47.4 Å². The van der Waals surface area contributed by atoms with Crippen molar-refractivity contribution in [2.45, 2.75) is 47.5 Å². The van der Waals surface area contributed by atoms with E-state index in [1.54, 1.807) is 12.1 Å². The molecule has 2 aliphatic rings. The molecule has 0 bridgehead atoms. The molecule has 0 aliphatic heterocycles. The summed E-state index contributed by atoms with van der Waals surface area (Å²) >= 11 is -0.521. The minimum Gasteiger partial charge on any atom is -0.357 e. The molecular formula is C19H15F5O2S. The SMILES string of the molecule is OC1(OC2CCc3ccccc32)c2c(cccc2SC(F)(F)F)CC1(F)F. The normalized spacial score (nSPS) is 26.1. The summed E-state index contributed by atoms with van der Waals surface area (Å²) in [7, 11) is 0. The zero-order valence-electron chi connectivity index (χ0n) is 13.9. The molecule has 2 aromatic carbocycles. The highest BCUT2D eigenvalue weighted by Gasteiger charge is 2.63. The Morgan fingerprint density at radius 1 is 1.04 bits per heavy atom. The molecule has 2 aromatic rings. The lowest BCUT2D eigenvalue weighted by Crippen LogP contribution is -2.45. The molecule has 1 N–H and O–H groups in total. The Bertz CT molecular complexity index is 883. The molecule has 0 heterocycles. The topological polar surface area (TPSA) is 29.5 Å². The largest absolute Gasteiger partial charge is 0.446 e. The molecule has 144 valence electrons. The maximum atomic E-state index is 14.8. The van der Waals surface area contributed by atoms with Gasteiger partial charge in [-0.25, -0.2) is 0 Å². The molecule has 4 rings (SSSR count). The van der Waals surface area contributed by atoms with Gasteiger partial charge in [-0.1, -0.05) is 36.4 Å². The minimum absolute atomic E-state index is 0.0389. The second-order valence-corrected chi connectivity index (χ2v) is 7.81. The first kappa shape index (κ1) is 18.7. The number of halogens is 5. The lowest BCUT2D eigenvalue weighted by Gasteiger charge is -2.34. The molecule has 2 atom stereocenters. The molecule has 27 heavy (non-hydrogen) atoms. The monoisotopic (exact) mass is 402 g/mol. The van der Waals surface area contributed by atoms with Gasteiger partial charge in [-0.3, -0.25) is 0 Å². The van der Waals surface area contributed by atoms with E-state index >= 15 is 0 Å². The third-order valence-corrected chi connectivity index (χ3v) is 5.77. The number of aliphatic hydroxyl groups is 1. The van der Waals surface area contributed by atoms with E-state index < -0.39 is 52.0 Å². The molecule has 0 saturated heterocycles. The van der Waals surface area contributed by atoms with E-state index in [4.69, 9.17) is 4.74 Å². The van der Waals surface area contributed by atoms with Gasteiger partial charge in [0, 0.05) is 16.9 Å². The number of hydrogen-bond acceptors (Lipinski definition) is 3. The molecule has 0 aromatic heterocycles. The van der Waals surface area contributed by atoms with Crippen LogP contribution in [0.3, 0.4) is 0 Å². The maximum Gasteiger partial charge on any atom is 0.446 e. The van der Waals surface area contributed by atoms with Gasteiger partial charge in [0.05, 0.1) is 6.10 Å². The van der Waals surface area contributed by atoms with E-state index in [-0.39, 0.29) is 5.56 Å². The number of ether oxygens (including phenoxy) is 1. The van der Waals surface area contributed by atoms with Crippen molar-refractivity contribution in [3.05, 3.63) is 64.7 Å². The summed E-state index contributed by atoms with van der Waals surface area (Å²) in [4.78, 5) is -0.467. The third-order valence-electron chi connectivity index (χ3n) is 4.98. The lowest BCUT2D eigenvalue weighted by molar-refractivity contribution is -0.337. The lowest BCUT2D eigenvalue weighted by atomic mass is 10.0. The van der Waals surface area contributed by atoms with Crippen molar-refractivity contribution in [2.24, 2.45) is 0 Å². The van der Waals surface area contributed by atoms with Crippen molar-refractivity contribution in [3.8, 4) is 0 Å². The summed E-state index contributed by atoms with van der Waals surface area (Å²) in [6.07, 6.45) is -0.720. The van der Waals surface area contributed by atoms with Crippen LogP contribution in [0, 0.1) is 0 Å². The van der Waals surface area contributed by atoms with E-state index in [0.717, 1.165) is 11.6 Å². The fourth-order valence-corrected chi connectivity index (χ4v) is 4.62. The summed E-state index contributed by atoms with van der Waals surface area (Å²) in [5, 5.41) is 10.9. The van der Waals surface area contributed by atoms with Gasteiger partial charge in [0.2, 0.25) is 0 Å². The van der Waals surface area contributed by atoms with Crippen LogP contribution >= 0.6 is 11.8 Å². The first-order chi connectivity index (χ1) is 12.6. The number of benzene rings is 2. The summed E-state index contributed by atoms with van der Waals surface area (Å²) in [6.45, 7) is 0. The molecule has 8 heteroatoms. The van der Waals surface area contributed by atoms with Gasteiger partial charge in [0.1, 0.15) is 0 Å². The van der Waals surface area contributed by atoms with Gasteiger partial charge < -0.3 is 9.84 Å². The Labute approximate surface area is 156 Å². The Morgan fingerprint density at radius 3 is 2.48 bits per heavy atom. The van der Waals surface area contributed by atoms with Crippen LogP contribution < -0.4 is 0 Å². The highest BCUT2D eigenvalue weighted by Crippen LogP contribution is 2.56. The predicted molar refractivity (Wildman–Crippen MR) is 89.5 cm³/mol. The molecule has 0 fully saturated rings. The van der Waals surface area contributed by atoms with Crippen molar-refractivity contribution >= 4 is 11.8 Å². The first-order valence-corrected chi connectivity index (χ1v) is 9.16. The zero-order chi connectivity index (χ0) is 19.4. The summed E-state index contributed by atoms with van der Waals surface area (Å²) in [5.41, 5.74) is -3.60. The van der Waals surface area contributed by atoms with Crippen LogP contribution in [0.4, 0.5) is 22.0 Å². The molecule has 0 radical (unpaired) electrons. The molecule has 2 unspecified atom stereocenters. The molecular weight excluding hydrogens is 387 g/mol. The minimum atomic E-state index is -4.67. The smallest absolute Gasteiger partial charge is 0.357 e. The summed E-state index contributed by atoms with van der Waals surface area (Å²) < 4.78 is 73.8. The number of hydrogen-bond donors (Lipinski definition) is 1. The number of aryl methyl sites for hydroxylation is 1. The quantitative estimate of drug-likeness (QED) is 0.427. The highest BCUT2D eigenvalue weighted by atomic mass is 32.2. The average molecular weight is 402 g/mol. The first-order valence-electron chi connectivity index (χ1n) is 8.35. The number of fused-ring (bicyclic) bond motifs is 2. The molecule has 0 amide bonds. The second-order valence-electron chi connectivity index (χ2n) is 6.71. The van der Waals surface area contributed by atoms with Crippen molar-refractivity contribution in [3.63, 3.8) is 0 Å². The standard InChI is InChI=1S/C19H15F5O2S/c20-17(21)10-12-5-3-7-15(27-19(22,23)24)16(12)18(17,25)26-14-9-8-11-4-1-2-6-13(11)14/h1-7,14,25H,8-10H2. The van der Waals surface area contributed by atoms with E-state index in [2.05, 4.69) is 0 Å². The Balaban J connectivity index is 1.77. The van der Waals surface area contributed by atoms with Crippen LogP contribution in [0.5, 0.6) is 0 Å². The van der Waals surface area contributed by atoms with Crippen LogP contribution in [0.1, 0.15) is 34.8 Å². The molecule has 0 spiro atoms. The number of thioether (sulfide) groups is 1. The number of rotatable bonds is 3. The average Bonchev–Trinajstić information content (AvgIpc) is 3.04. The van der Waals surface area contributed by atoms with Crippen LogP contribution in [0.25, 0.3) is 0 Å². The van der Waals surface area contributed by atoms with Crippen molar-refractivity contribution < 1.29 is 31.8 Å². The van der Waals surface area contributed by atoms with Crippen LogP contribution in [-0.2, 0) is 23.4 Å². The molecule has 2 nitrogen and oxygen atoms in total. The van der Waals surface area contributed by atoms with Gasteiger partial charge in [0.25, 0.3) is 5.79 Å². The maximum absolute atomic E-state index is 14.8. The Morgan fingerprint density at radius 2 is 1.74 bits per heavy atom. The summed E-state index contributed by atoms with van der Waals surface area (Å²) in [5.74, 6) is -6.85. The van der Waals surface area contributed by atoms with Crippen LogP contribution in [0.2, 0.25) is 0 Å². The van der Waals surface area contributed by atoms with Crippen molar-refractivity contribution in [1.29, 1.82) is 0 Å². The number of alkyl halides is 5. The van der Waals surface area contributed by atoms with Gasteiger partial charge in [0.15, 0.2) is 0 Å². The molecule has 0 saturated carbocycles. The van der Waals surface area contributed by atoms with Crippen molar-refractivity contribution in [1.82, 2.24) is 0 Å². The van der Waals surface area contributed by atoms with E-state index in [9.17, 15) is 27.1 Å². The van der Waals surface area contributed by atoms with Gasteiger partial charge >= 0.3 is 11.4 Å². The van der Waals surface area contributed by atoms with Crippen molar-refractivity contribution in [2.75, 3.05) is 0 Å². The fraction of sp³-hybridized carbons (Fsp3) is 0.368. The highest BCUT2D eigenvalue weighted by molar-refractivity contribution is 8.00. The Hall–Kier alpha value is -1.64. The Kier molecular flexibility index (Phi) is 4.29.